The Bertz CT molecular complexity index is 343. The molecule has 0 radical (unpaired) electrons. The number of aliphatic carboxylic acids is 1. The van der Waals surface area contributed by atoms with E-state index in [0.29, 0.717) is 6.54 Å². The van der Waals surface area contributed by atoms with Crippen LogP contribution >= 0.6 is 0 Å². The van der Waals surface area contributed by atoms with Crippen molar-refractivity contribution in [1.82, 2.24) is 4.90 Å². The molecule has 1 heterocycles. The van der Waals surface area contributed by atoms with Crippen LogP contribution in [0.1, 0.15) is 27.7 Å². The van der Waals surface area contributed by atoms with E-state index in [9.17, 15) is 9.59 Å². The zero-order valence-electron chi connectivity index (χ0n) is 10.6. The first-order valence-corrected chi connectivity index (χ1v) is 5.61. The summed E-state index contributed by atoms with van der Waals surface area (Å²) in [4.78, 5) is 24.2. The number of rotatable bonds is 1. The second kappa shape index (κ2) is 4.77. The van der Waals surface area contributed by atoms with Gasteiger partial charge in [0.15, 0.2) is 6.04 Å². The van der Waals surface area contributed by atoms with E-state index in [-0.39, 0.29) is 5.92 Å². The van der Waals surface area contributed by atoms with Crippen LogP contribution in [0.3, 0.4) is 0 Å². The van der Waals surface area contributed by atoms with Gasteiger partial charge in [0.1, 0.15) is 5.60 Å². The standard InChI is InChI=1S/C12H19NO4/c1-8-5-6-9(10(14)15)13(7-8)11(16)17-12(2,3)4/h5-6,8-9H,7H2,1-4H3,(H,14,15)/t8-,9-/m0/s1. The van der Waals surface area contributed by atoms with Crippen molar-refractivity contribution in [3.05, 3.63) is 12.2 Å². The first kappa shape index (κ1) is 13.5. The number of carbonyl (C=O) groups excluding carboxylic acids is 1. The first-order chi connectivity index (χ1) is 7.70. The van der Waals surface area contributed by atoms with Crippen molar-refractivity contribution in [3.63, 3.8) is 0 Å². The summed E-state index contributed by atoms with van der Waals surface area (Å²) in [5.41, 5.74) is -0.620. The fourth-order valence-corrected chi connectivity index (χ4v) is 1.61. The third-order valence-electron chi connectivity index (χ3n) is 2.32. The van der Waals surface area contributed by atoms with E-state index in [2.05, 4.69) is 0 Å². The number of amides is 1. The van der Waals surface area contributed by atoms with E-state index in [0.717, 1.165) is 0 Å². The predicted molar refractivity (Wildman–Crippen MR) is 62.7 cm³/mol. The Morgan fingerprint density at radius 2 is 1.94 bits per heavy atom. The lowest BCUT2D eigenvalue weighted by Crippen LogP contribution is -2.49. The molecule has 0 aromatic rings. The molecule has 0 aliphatic carbocycles. The number of ether oxygens (including phenoxy) is 1. The Morgan fingerprint density at radius 3 is 2.41 bits per heavy atom. The van der Waals surface area contributed by atoms with Crippen LogP contribution in [0.4, 0.5) is 4.79 Å². The number of hydrogen-bond donors (Lipinski definition) is 1. The normalized spacial score (nSPS) is 24.6. The lowest BCUT2D eigenvalue weighted by Gasteiger charge is -2.33. The van der Waals surface area contributed by atoms with Crippen molar-refractivity contribution in [1.29, 1.82) is 0 Å². The second-order valence-corrected chi connectivity index (χ2v) is 5.28. The third-order valence-corrected chi connectivity index (χ3v) is 2.32. The quantitative estimate of drug-likeness (QED) is 0.712. The predicted octanol–water partition coefficient (Wildman–Crippen LogP) is 1.88. The van der Waals surface area contributed by atoms with Crippen LogP contribution in [0.2, 0.25) is 0 Å². The fraction of sp³-hybridized carbons (Fsp3) is 0.667. The van der Waals surface area contributed by atoms with Gasteiger partial charge in [-0.25, -0.2) is 9.59 Å². The molecule has 1 aliphatic rings. The molecule has 0 fully saturated rings. The molecule has 1 rings (SSSR count). The van der Waals surface area contributed by atoms with E-state index < -0.39 is 23.7 Å². The van der Waals surface area contributed by atoms with Crippen LogP contribution in [0.15, 0.2) is 12.2 Å². The Kier molecular flexibility index (Phi) is 3.80. The highest BCUT2D eigenvalue weighted by Gasteiger charge is 2.34. The van der Waals surface area contributed by atoms with Gasteiger partial charge in [-0.15, -0.1) is 0 Å². The summed E-state index contributed by atoms with van der Waals surface area (Å²) in [5, 5.41) is 9.04. The van der Waals surface area contributed by atoms with Gasteiger partial charge in [-0.2, -0.15) is 0 Å². The van der Waals surface area contributed by atoms with Crippen molar-refractivity contribution < 1.29 is 19.4 Å². The van der Waals surface area contributed by atoms with Gasteiger partial charge in [0.05, 0.1) is 0 Å². The molecule has 1 N–H and O–H groups in total. The van der Waals surface area contributed by atoms with Crippen LogP contribution < -0.4 is 0 Å². The highest BCUT2D eigenvalue weighted by atomic mass is 16.6. The summed E-state index contributed by atoms with van der Waals surface area (Å²) in [6, 6.07) is -0.930. The van der Waals surface area contributed by atoms with Crippen molar-refractivity contribution >= 4 is 12.1 Å². The van der Waals surface area contributed by atoms with Crippen molar-refractivity contribution in [2.75, 3.05) is 6.54 Å². The monoisotopic (exact) mass is 241 g/mol. The molecule has 0 saturated carbocycles. The molecule has 1 aliphatic heterocycles. The maximum Gasteiger partial charge on any atom is 0.411 e. The molecule has 0 unspecified atom stereocenters. The zero-order valence-corrected chi connectivity index (χ0v) is 10.6. The van der Waals surface area contributed by atoms with Crippen LogP contribution in [-0.2, 0) is 9.53 Å². The van der Waals surface area contributed by atoms with Gasteiger partial charge in [-0.05, 0) is 26.7 Å². The molecule has 0 spiro atoms. The lowest BCUT2D eigenvalue weighted by molar-refractivity contribution is -0.141. The highest BCUT2D eigenvalue weighted by molar-refractivity contribution is 5.82. The second-order valence-electron chi connectivity index (χ2n) is 5.28. The van der Waals surface area contributed by atoms with Gasteiger partial charge in [-0.3, -0.25) is 4.90 Å². The van der Waals surface area contributed by atoms with Crippen molar-refractivity contribution in [3.8, 4) is 0 Å². The number of carboxylic acids is 1. The molecule has 0 aromatic carbocycles. The number of hydrogen-bond acceptors (Lipinski definition) is 3. The molecule has 0 aromatic heterocycles. The minimum atomic E-state index is -1.04. The molecule has 5 nitrogen and oxygen atoms in total. The van der Waals surface area contributed by atoms with Crippen LogP contribution in [0, 0.1) is 5.92 Å². The Labute approximate surface area is 101 Å². The molecular formula is C12H19NO4. The Morgan fingerprint density at radius 1 is 1.35 bits per heavy atom. The third kappa shape index (κ3) is 3.76. The van der Waals surface area contributed by atoms with E-state index in [4.69, 9.17) is 9.84 Å². The largest absolute Gasteiger partial charge is 0.479 e. The molecule has 5 heteroatoms. The first-order valence-electron chi connectivity index (χ1n) is 5.61. The smallest absolute Gasteiger partial charge is 0.411 e. The maximum absolute atomic E-state index is 11.9. The van der Waals surface area contributed by atoms with Gasteiger partial charge in [-0.1, -0.05) is 19.1 Å². The Hall–Kier alpha value is -1.52. The summed E-state index contributed by atoms with van der Waals surface area (Å²) in [6.07, 6.45) is 2.75. The van der Waals surface area contributed by atoms with Gasteiger partial charge in [0.2, 0.25) is 0 Å². The molecule has 0 saturated heterocycles. The molecule has 2 atom stereocenters. The highest BCUT2D eigenvalue weighted by Crippen LogP contribution is 2.19. The van der Waals surface area contributed by atoms with Crippen LogP contribution in [0.25, 0.3) is 0 Å². The van der Waals surface area contributed by atoms with Gasteiger partial charge >= 0.3 is 12.1 Å². The molecule has 0 bridgehead atoms. The maximum atomic E-state index is 11.9. The van der Waals surface area contributed by atoms with Crippen LogP contribution in [-0.4, -0.2) is 40.3 Å². The van der Waals surface area contributed by atoms with Gasteiger partial charge in [0.25, 0.3) is 0 Å². The van der Waals surface area contributed by atoms with E-state index in [1.54, 1.807) is 26.8 Å². The van der Waals surface area contributed by atoms with Gasteiger partial charge < -0.3 is 9.84 Å². The summed E-state index contributed by atoms with van der Waals surface area (Å²) < 4.78 is 5.20. The molecule has 1 amide bonds. The number of carbonyl (C=O) groups is 2. The summed E-state index contributed by atoms with van der Waals surface area (Å²) >= 11 is 0. The van der Waals surface area contributed by atoms with Crippen LogP contribution in [0.5, 0.6) is 0 Å². The summed E-state index contributed by atoms with van der Waals surface area (Å²) in [5.74, 6) is -0.905. The van der Waals surface area contributed by atoms with Crippen molar-refractivity contribution in [2.24, 2.45) is 5.92 Å². The summed E-state index contributed by atoms with van der Waals surface area (Å²) in [6.45, 7) is 7.55. The van der Waals surface area contributed by atoms with E-state index in [1.165, 1.54) is 11.0 Å². The number of carboxylic acid groups (broad SMARTS) is 1. The average molecular weight is 241 g/mol. The lowest BCUT2D eigenvalue weighted by atomic mass is 10.0. The topological polar surface area (TPSA) is 66.8 Å². The number of nitrogens with zero attached hydrogens (tertiary/aromatic N) is 1. The summed E-state index contributed by atoms with van der Waals surface area (Å²) in [7, 11) is 0. The minimum absolute atomic E-state index is 0.137. The van der Waals surface area contributed by atoms with Crippen molar-refractivity contribution in [2.45, 2.75) is 39.3 Å². The van der Waals surface area contributed by atoms with E-state index in [1.807, 2.05) is 6.92 Å². The van der Waals surface area contributed by atoms with E-state index >= 15 is 0 Å². The Balaban J connectivity index is 2.82. The van der Waals surface area contributed by atoms with Gasteiger partial charge in [0, 0.05) is 6.54 Å². The fourth-order valence-electron chi connectivity index (χ4n) is 1.61. The average Bonchev–Trinajstić information content (AvgIpc) is 2.14. The molecule has 17 heavy (non-hydrogen) atoms. The minimum Gasteiger partial charge on any atom is -0.479 e. The zero-order chi connectivity index (χ0) is 13.2. The molecule has 96 valence electrons. The SMILES string of the molecule is C[C@H]1C=C[C@@H](C(=O)O)N(C(=O)OC(C)(C)C)C1. The molecular weight excluding hydrogens is 222 g/mol.